The van der Waals surface area contributed by atoms with Crippen LogP contribution in [0.3, 0.4) is 0 Å². The number of aromatic nitrogens is 2. The summed E-state index contributed by atoms with van der Waals surface area (Å²) in [6, 6.07) is 10.6. The van der Waals surface area contributed by atoms with Crippen molar-refractivity contribution in [3.05, 3.63) is 69.9 Å². The van der Waals surface area contributed by atoms with Crippen LogP contribution in [0.2, 0.25) is 0 Å². The number of rotatable bonds is 5. The quantitative estimate of drug-likeness (QED) is 0.524. The molecule has 0 saturated carbocycles. The molecule has 0 amide bonds. The van der Waals surface area contributed by atoms with Gasteiger partial charge in [0.05, 0.1) is 10.5 Å². The molecule has 3 rings (SSSR count). The first-order valence-corrected chi connectivity index (χ1v) is 6.99. The van der Waals surface area contributed by atoms with Gasteiger partial charge in [0.25, 0.3) is 11.8 Å². The smallest absolute Gasteiger partial charge is 0.311 e. The van der Waals surface area contributed by atoms with Gasteiger partial charge >= 0.3 is 5.69 Å². The Morgan fingerprint density at radius 3 is 2.79 bits per heavy atom. The van der Waals surface area contributed by atoms with Crippen molar-refractivity contribution >= 4 is 5.69 Å². The zero-order valence-electron chi connectivity index (χ0n) is 12.6. The van der Waals surface area contributed by atoms with Crippen molar-refractivity contribution in [1.82, 2.24) is 10.2 Å². The van der Waals surface area contributed by atoms with Crippen molar-refractivity contribution < 1.29 is 18.5 Å². The number of nitro benzene ring substituents is 1. The van der Waals surface area contributed by atoms with Crippen molar-refractivity contribution in [2.24, 2.45) is 0 Å². The Bertz CT molecular complexity index is 895. The number of benzene rings is 2. The molecular weight excluding hydrogens is 317 g/mol. The van der Waals surface area contributed by atoms with Gasteiger partial charge in [-0.05, 0) is 30.7 Å². The summed E-state index contributed by atoms with van der Waals surface area (Å²) in [5.74, 6) is -0.285. The second kappa shape index (κ2) is 6.45. The van der Waals surface area contributed by atoms with Gasteiger partial charge in [0.1, 0.15) is 5.82 Å². The Balaban J connectivity index is 1.77. The van der Waals surface area contributed by atoms with Gasteiger partial charge in [0.15, 0.2) is 12.4 Å². The van der Waals surface area contributed by atoms with Crippen LogP contribution in [0.25, 0.3) is 11.5 Å². The van der Waals surface area contributed by atoms with E-state index in [9.17, 15) is 14.5 Å². The number of aryl methyl sites for hydroxylation is 1. The second-order valence-electron chi connectivity index (χ2n) is 5.00. The van der Waals surface area contributed by atoms with E-state index in [0.717, 1.165) is 5.56 Å². The molecule has 0 bridgehead atoms. The second-order valence-corrected chi connectivity index (χ2v) is 5.00. The van der Waals surface area contributed by atoms with Gasteiger partial charge in [-0.15, -0.1) is 10.2 Å². The molecule has 0 aliphatic rings. The number of hydrogen-bond donors (Lipinski definition) is 0. The van der Waals surface area contributed by atoms with Gasteiger partial charge < -0.3 is 9.15 Å². The summed E-state index contributed by atoms with van der Waals surface area (Å²) in [6.45, 7) is 1.58. The van der Waals surface area contributed by atoms with E-state index in [1.165, 1.54) is 24.3 Å². The highest BCUT2D eigenvalue weighted by Crippen LogP contribution is 2.28. The zero-order valence-corrected chi connectivity index (χ0v) is 12.6. The van der Waals surface area contributed by atoms with Gasteiger partial charge in [-0.2, -0.15) is 0 Å². The normalized spacial score (nSPS) is 10.6. The lowest BCUT2D eigenvalue weighted by Gasteiger charge is -2.04. The van der Waals surface area contributed by atoms with Crippen LogP contribution in [0, 0.1) is 22.9 Å². The van der Waals surface area contributed by atoms with Crippen LogP contribution in [0.4, 0.5) is 10.1 Å². The standard InChI is InChI=1S/C16H12FN3O4/c1-10-6-7-14(13(8-10)20(21)22)23-9-15-18-19-16(24-15)11-4-2-3-5-12(11)17/h2-8H,9H2,1H3. The third kappa shape index (κ3) is 3.22. The van der Waals surface area contributed by atoms with E-state index < -0.39 is 10.7 Å². The zero-order chi connectivity index (χ0) is 17.1. The molecule has 7 nitrogen and oxygen atoms in total. The molecule has 1 aromatic heterocycles. The highest BCUT2D eigenvalue weighted by atomic mass is 19.1. The Hall–Kier alpha value is -3.29. The Kier molecular flexibility index (Phi) is 4.19. The van der Waals surface area contributed by atoms with Crippen LogP contribution >= 0.6 is 0 Å². The van der Waals surface area contributed by atoms with Gasteiger partial charge in [-0.3, -0.25) is 10.1 Å². The van der Waals surface area contributed by atoms with Crippen molar-refractivity contribution in [3.63, 3.8) is 0 Å². The average Bonchev–Trinajstić information content (AvgIpc) is 3.02. The predicted molar refractivity (Wildman–Crippen MR) is 81.9 cm³/mol. The van der Waals surface area contributed by atoms with E-state index in [-0.39, 0.29) is 35.4 Å². The van der Waals surface area contributed by atoms with E-state index in [0.29, 0.717) is 0 Å². The maximum absolute atomic E-state index is 13.7. The number of hydrogen-bond acceptors (Lipinski definition) is 6. The van der Waals surface area contributed by atoms with Crippen LogP contribution in [0.5, 0.6) is 5.75 Å². The molecule has 2 aromatic carbocycles. The predicted octanol–water partition coefficient (Wildman–Crippen LogP) is 3.67. The van der Waals surface area contributed by atoms with Crippen LogP contribution in [0.1, 0.15) is 11.5 Å². The van der Waals surface area contributed by atoms with E-state index in [1.807, 2.05) is 0 Å². The van der Waals surface area contributed by atoms with Crippen LogP contribution in [0.15, 0.2) is 46.9 Å². The average molecular weight is 329 g/mol. The molecule has 0 aliphatic carbocycles. The molecule has 24 heavy (non-hydrogen) atoms. The summed E-state index contributed by atoms with van der Waals surface area (Å²) in [6.07, 6.45) is 0. The minimum Gasteiger partial charge on any atom is -0.477 e. The fourth-order valence-corrected chi connectivity index (χ4v) is 2.09. The SMILES string of the molecule is Cc1ccc(OCc2nnc(-c3ccccc3F)o2)c([N+](=O)[O-])c1. The number of halogens is 1. The molecule has 0 radical (unpaired) electrons. The molecule has 0 saturated heterocycles. The lowest BCUT2D eigenvalue weighted by atomic mass is 10.2. The largest absolute Gasteiger partial charge is 0.477 e. The summed E-state index contributed by atoms with van der Waals surface area (Å²) in [4.78, 5) is 10.5. The molecule has 0 unspecified atom stereocenters. The van der Waals surface area contributed by atoms with Crippen molar-refractivity contribution in [2.45, 2.75) is 13.5 Å². The van der Waals surface area contributed by atoms with Crippen molar-refractivity contribution in [1.29, 1.82) is 0 Å². The molecule has 0 fully saturated rings. The molecule has 0 N–H and O–H groups in total. The highest BCUT2D eigenvalue weighted by Gasteiger charge is 2.17. The van der Waals surface area contributed by atoms with Crippen molar-refractivity contribution in [3.8, 4) is 17.2 Å². The molecule has 8 heteroatoms. The summed E-state index contributed by atoms with van der Waals surface area (Å²) in [7, 11) is 0. The van der Waals surface area contributed by atoms with Gasteiger partial charge in [0.2, 0.25) is 0 Å². The van der Waals surface area contributed by atoms with Crippen LogP contribution in [-0.4, -0.2) is 15.1 Å². The summed E-state index contributed by atoms with van der Waals surface area (Å²) in [5.41, 5.74) is 0.773. The Labute approximate surface area is 135 Å². The van der Waals surface area contributed by atoms with E-state index in [4.69, 9.17) is 9.15 Å². The minimum absolute atomic E-state index is 0.0186. The molecule has 0 aliphatic heterocycles. The fourth-order valence-electron chi connectivity index (χ4n) is 2.09. The monoisotopic (exact) mass is 329 g/mol. The first kappa shape index (κ1) is 15.6. The maximum atomic E-state index is 13.7. The van der Waals surface area contributed by atoms with Gasteiger partial charge in [-0.25, -0.2) is 4.39 Å². The maximum Gasteiger partial charge on any atom is 0.311 e. The Morgan fingerprint density at radius 2 is 2.04 bits per heavy atom. The lowest BCUT2D eigenvalue weighted by Crippen LogP contribution is -1.99. The summed E-state index contributed by atoms with van der Waals surface area (Å²) >= 11 is 0. The molecule has 0 spiro atoms. The molecule has 0 atom stereocenters. The number of nitro groups is 1. The fraction of sp³-hybridized carbons (Fsp3) is 0.125. The molecule has 3 aromatic rings. The first-order chi connectivity index (χ1) is 11.5. The van der Waals surface area contributed by atoms with E-state index >= 15 is 0 Å². The molecular formula is C16H12FN3O4. The first-order valence-electron chi connectivity index (χ1n) is 6.99. The number of ether oxygens (including phenoxy) is 1. The van der Waals surface area contributed by atoms with Gasteiger partial charge in [-0.1, -0.05) is 18.2 Å². The third-order valence-electron chi connectivity index (χ3n) is 3.23. The van der Waals surface area contributed by atoms with Crippen molar-refractivity contribution in [2.75, 3.05) is 0 Å². The van der Waals surface area contributed by atoms with E-state index in [2.05, 4.69) is 10.2 Å². The summed E-state index contributed by atoms with van der Waals surface area (Å²) < 4.78 is 24.4. The van der Waals surface area contributed by atoms with Crippen LogP contribution < -0.4 is 4.74 Å². The highest BCUT2D eigenvalue weighted by molar-refractivity contribution is 5.53. The third-order valence-corrected chi connectivity index (χ3v) is 3.23. The van der Waals surface area contributed by atoms with Gasteiger partial charge in [0, 0.05) is 6.07 Å². The molecule has 122 valence electrons. The van der Waals surface area contributed by atoms with Crippen LogP contribution in [-0.2, 0) is 6.61 Å². The lowest BCUT2D eigenvalue weighted by molar-refractivity contribution is -0.386. The van der Waals surface area contributed by atoms with E-state index in [1.54, 1.807) is 25.1 Å². The Morgan fingerprint density at radius 1 is 1.25 bits per heavy atom. The topological polar surface area (TPSA) is 91.3 Å². The summed E-state index contributed by atoms with van der Waals surface area (Å²) in [5, 5.41) is 18.6. The number of nitrogens with zero attached hydrogens (tertiary/aromatic N) is 3. The minimum atomic E-state index is -0.527. The molecule has 1 heterocycles.